The highest BCUT2D eigenvalue weighted by Gasteiger charge is 2.31. The second-order valence-corrected chi connectivity index (χ2v) is 3.60. The number of ketones is 1. The lowest BCUT2D eigenvalue weighted by molar-refractivity contribution is -0.274. The van der Waals surface area contributed by atoms with E-state index in [1.165, 1.54) is 13.0 Å². The molecule has 0 amide bonds. The van der Waals surface area contributed by atoms with Gasteiger partial charge in [-0.1, -0.05) is 0 Å². The number of carbonyl (C=O) groups is 1. The molecule has 82 valence electrons. The molecule has 15 heavy (non-hydrogen) atoms. The molecule has 0 saturated carbocycles. The molecule has 0 spiro atoms. The number of benzene rings is 1. The molecule has 1 aromatic carbocycles. The van der Waals surface area contributed by atoms with Gasteiger partial charge in [-0.3, -0.25) is 4.79 Å². The molecule has 6 heteroatoms. The lowest BCUT2D eigenvalue weighted by Gasteiger charge is -2.09. The standard InChI is InChI=1S/C9H6BrF3O2/c1-5(14)7-3-2-6(4-8(7)10)15-9(11,12)13/h2-4H,1H3. The Morgan fingerprint density at radius 3 is 2.40 bits per heavy atom. The molecular weight excluding hydrogens is 277 g/mol. The highest BCUT2D eigenvalue weighted by Crippen LogP contribution is 2.27. The number of Topliss-reactive ketones (excluding diaryl/α,β-unsaturated/α-hetero) is 1. The predicted octanol–water partition coefficient (Wildman–Crippen LogP) is 3.55. The summed E-state index contributed by atoms with van der Waals surface area (Å²) in [6, 6.07) is 3.46. The lowest BCUT2D eigenvalue weighted by atomic mass is 10.1. The Kier molecular flexibility index (Phi) is 3.38. The molecule has 0 aliphatic rings. The molecule has 0 N–H and O–H groups in total. The van der Waals surface area contributed by atoms with Gasteiger partial charge in [0.2, 0.25) is 0 Å². The van der Waals surface area contributed by atoms with Gasteiger partial charge in [0, 0.05) is 10.0 Å². The van der Waals surface area contributed by atoms with E-state index in [1.807, 2.05) is 0 Å². The van der Waals surface area contributed by atoms with E-state index in [4.69, 9.17) is 0 Å². The van der Waals surface area contributed by atoms with Crippen LogP contribution in [0.3, 0.4) is 0 Å². The zero-order chi connectivity index (χ0) is 11.6. The van der Waals surface area contributed by atoms with Crippen LogP contribution < -0.4 is 4.74 Å². The average Bonchev–Trinajstić information content (AvgIpc) is 1.99. The molecule has 0 aliphatic carbocycles. The maximum absolute atomic E-state index is 11.8. The van der Waals surface area contributed by atoms with Crippen LogP contribution >= 0.6 is 15.9 Å². The van der Waals surface area contributed by atoms with Crippen LogP contribution in [0.15, 0.2) is 22.7 Å². The highest BCUT2D eigenvalue weighted by atomic mass is 79.9. The SMILES string of the molecule is CC(=O)c1ccc(OC(F)(F)F)cc1Br. The Morgan fingerprint density at radius 1 is 1.40 bits per heavy atom. The van der Waals surface area contributed by atoms with Crippen LogP contribution in [-0.4, -0.2) is 12.1 Å². The van der Waals surface area contributed by atoms with Gasteiger partial charge in [0.1, 0.15) is 5.75 Å². The van der Waals surface area contributed by atoms with Gasteiger partial charge in [-0.2, -0.15) is 0 Å². The van der Waals surface area contributed by atoms with Crippen LogP contribution in [0.4, 0.5) is 13.2 Å². The van der Waals surface area contributed by atoms with Crippen molar-refractivity contribution < 1.29 is 22.7 Å². The zero-order valence-electron chi connectivity index (χ0n) is 7.56. The predicted molar refractivity (Wildman–Crippen MR) is 50.8 cm³/mol. The van der Waals surface area contributed by atoms with E-state index in [-0.39, 0.29) is 16.0 Å². The molecule has 0 saturated heterocycles. The minimum absolute atomic E-state index is 0.236. The van der Waals surface area contributed by atoms with Gasteiger partial charge in [-0.25, -0.2) is 0 Å². The largest absolute Gasteiger partial charge is 0.573 e. The number of hydrogen-bond acceptors (Lipinski definition) is 2. The number of halogens is 4. The fourth-order valence-electron chi connectivity index (χ4n) is 0.978. The number of carbonyl (C=O) groups excluding carboxylic acids is 1. The first-order valence-electron chi connectivity index (χ1n) is 3.86. The third kappa shape index (κ3) is 3.54. The van der Waals surface area contributed by atoms with Gasteiger partial charge in [0.15, 0.2) is 5.78 Å². The first-order chi connectivity index (χ1) is 6.79. The van der Waals surface area contributed by atoms with Crippen LogP contribution in [0, 0.1) is 0 Å². The van der Waals surface area contributed by atoms with Crippen LogP contribution in [0.5, 0.6) is 5.75 Å². The minimum atomic E-state index is -4.73. The molecule has 1 rings (SSSR count). The van der Waals surface area contributed by atoms with Crippen molar-refractivity contribution in [2.24, 2.45) is 0 Å². The van der Waals surface area contributed by atoms with Gasteiger partial charge in [0.05, 0.1) is 0 Å². The number of hydrogen-bond donors (Lipinski definition) is 0. The van der Waals surface area contributed by atoms with Crippen LogP contribution in [-0.2, 0) is 0 Å². The van der Waals surface area contributed by atoms with Crippen molar-refractivity contribution in [1.29, 1.82) is 0 Å². The summed E-state index contributed by atoms with van der Waals surface area (Å²) in [6.07, 6.45) is -4.73. The summed E-state index contributed by atoms with van der Waals surface area (Å²) in [5.41, 5.74) is 0.310. The molecule has 1 aromatic rings. The quantitative estimate of drug-likeness (QED) is 0.776. The normalized spacial score (nSPS) is 11.3. The molecule has 2 nitrogen and oxygen atoms in total. The van der Waals surface area contributed by atoms with E-state index >= 15 is 0 Å². The summed E-state index contributed by atoms with van der Waals surface area (Å²) in [5.74, 6) is -0.597. The number of rotatable bonds is 2. The lowest BCUT2D eigenvalue weighted by Crippen LogP contribution is -2.17. The van der Waals surface area contributed by atoms with Crippen molar-refractivity contribution in [3.05, 3.63) is 28.2 Å². The molecule has 0 aromatic heterocycles. The summed E-state index contributed by atoms with van der Waals surface area (Å²) in [7, 11) is 0. The smallest absolute Gasteiger partial charge is 0.406 e. The Balaban J connectivity index is 2.97. The summed E-state index contributed by atoms with van der Waals surface area (Å²) in [6.45, 7) is 1.32. The number of alkyl halides is 3. The number of ether oxygens (including phenoxy) is 1. The Bertz CT molecular complexity index is 387. The van der Waals surface area contributed by atoms with Gasteiger partial charge in [-0.15, -0.1) is 13.2 Å². The van der Waals surface area contributed by atoms with E-state index < -0.39 is 6.36 Å². The maximum Gasteiger partial charge on any atom is 0.573 e. The molecule has 0 aliphatic heterocycles. The van der Waals surface area contributed by atoms with Crippen molar-refractivity contribution in [2.75, 3.05) is 0 Å². The van der Waals surface area contributed by atoms with E-state index in [2.05, 4.69) is 20.7 Å². The third-order valence-electron chi connectivity index (χ3n) is 1.55. The van der Waals surface area contributed by atoms with Crippen molar-refractivity contribution >= 4 is 21.7 Å². The Labute approximate surface area is 92.2 Å². The highest BCUT2D eigenvalue weighted by molar-refractivity contribution is 9.10. The summed E-state index contributed by atoms with van der Waals surface area (Å²) in [5, 5.41) is 0. The van der Waals surface area contributed by atoms with E-state index in [0.29, 0.717) is 5.56 Å². The van der Waals surface area contributed by atoms with Crippen molar-refractivity contribution in [1.82, 2.24) is 0 Å². The molecule has 0 heterocycles. The first-order valence-corrected chi connectivity index (χ1v) is 4.65. The van der Waals surface area contributed by atoms with Gasteiger partial charge in [0.25, 0.3) is 0 Å². The second-order valence-electron chi connectivity index (χ2n) is 2.75. The minimum Gasteiger partial charge on any atom is -0.406 e. The van der Waals surface area contributed by atoms with Gasteiger partial charge >= 0.3 is 6.36 Å². The van der Waals surface area contributed by atoms with Crippen molar-refractivity contribution in [3.8, 4) is 5.75 Å². The van der Waals surface area contributed by atoms with E-state index in [1.54, 1.807) is 0 Å². The molecular formula is C9H6BrF3O2. The molecule has 0 atom stereocenters. The topological polar surface area (TPSA) is 26.3 Å². The third-order valence-corrected chi connectivity index (χ3v) is 2.21. The fraction of sp³-hybridized carbons (Fsp3) is 0.222. The molecule has 0 radical (unpaired) electrons. The van der Waals surface area contributed by atoms with Crippen LogP contribution in [0.1, 0.15) is 17.3 Å². The van der Waals surface area contributed by atoms with Gasteiger partial charge < -0.3 is 4.74 Å². The fourth-order valence-corrected chi connectivity index (χ4v) is 1.62. The second kappa shape index (κ2) is 4.22. The monoisotopic (exact) mass is 282 g/mol. The van der Waals surface area contributed by atoms with Crippen molar-refractivity contribution in [2.45, 2.75) is 13.3 Å². The van der Waals surface area contributed by atoms with Crippen molar-refractivity contribution in [3.63, 3.8) is 0 Å². The Morgan fingerprint density at radius 2 is 2.00 bits per heavy atom. The summed E-state index contributed by atoms with van der Waals surface area (Å²) >= 11 is 2.99. The van der Waals surface area contributed by atoms with Crippen LogP contribution in [0.2, 0.25) is 0 Å². The average molecular weight is 283 g/mol. The zero-order valence-corrected chi connectivity index (χ0v) is 9.15. The summed E-state index contributed by atoms with van der Waals surface area (Å²) < 4.78 is 39.4. The van der Waals surface area contributed by atoms with E-state index in [9.17, 15) is 18.0 Å². The van der Waals surface area contributed by atoms with E-state index in [0.717, 1.165) is 12.1 Å². The molecule has 0 unspecified atom stereocenters. The Hall–Kier alpha value is -1.04. The van der Waals surface area contributed by atoms with Crippen LogP contribution in [0.25, 0.3) is 0 Å². The molecule has 0 bridgehead atoms. The summed E-state index contributed by atoms with van der Waals surface area (Å²) in [4.78, 5) is 11.0. The first kappa shape index (κ1) is 12.0. The molecule has 0 fully saturated rings. The maximum atomic E-state index is 11.8. The van der Waals surface area contributed by atoms with Gasteiger partial charge in [-0.05, 0) is 41.1 Å².